The van der Waals surface area contributed by atoms with Crippen molar-refractivity contribution in [3.05, 3.63) is 23.9 Å². The smallest absolute Gasteiger partial charge is 0.133 e. The zero-order valence-corrected chi connectivity index (χ0v) is 12.3. The first-order valence-corrected chi connectivity index (χ1v) is 7.18. The quantitative estimate of drug-likeness (QED) is 0.900. The van der Waals surface area contributed by atoms with Gasteiger partial charge < -0.3 is 15.5 Å². The zero-order chi connectivity index (χ0) is 13.8. The van der Waals surface area contributed by atoms with Gasteiger partial charge in [0.1, 0.15) is 5.82 Å². The Kier molecular flexibility index (Phi) is 4.77. The monoisotopic (exact) mass is 262 g/mol. The van der Waals surface area contributed by atoms with E-state index in [2.05, 4.69) is 34.9 Å². The number of hydrogen-bond acceptors (Lipinski definition) is 4. The number of piperidine rings is 1. The lowest BCUT2D eigenvalue weighted by molar-refractivity contribution is 0.284. The molecule has 1 aliphatic rings. The molecule has 19 heavy (non-hydrogen) atoms. The van der Waals surface area contributed by atoms with E-state index in [1.165, 1.54) is 19.4 Å². The van der Waals surface area contributed by atoms with E-state index in [0.717, 1.165) is 30.4 Å². The van der Waals surface area contributed by atoms with Gasteiger partial charge in [-0.05, 0) is 45.8 Å². The summed E-state index contributed by atoms with van der Waals surface area (Å²) in [6, 6.07) is 4.11. The first-order valence-electron chi connectivity index (χ1n) is 7.18. The molecule has 0 aliphatic carbocycles. The fraction of sp³-hybridized carbons (Fsp3) is 0.667. The van der Waals surface area contributed by atoms with Crippen LogP contribution in [-0.4, -0.2) is 43.6 Å². The van der Waals surface area contributed by atoms with Crippen molar-refractivity contribution in [2.45, 2.75) is 25.8 Å². The van der Waals surface area contributed by atoms with Gasteiger partial charge in [-0.3, -0.25) is 0 Å². The molecule has 0 bridgehead atoms. The Bertz CT molecular complexity index is 395. The number of nitrogens with two attached hydrogens (primary N) is 1. The van der Waals surface area contributed by atoms with E-state index in [9.17, 15) is 0 Å². The molecular weight excluding hydrogens is 236 g/mol. The van der Waals surface area contributed by atoms with Crippen LogP contribution in [0, 0.1) is 5.92 Å². The molecule has 1 aromatic rings. The minimum atomic E-state index is 0.0446. The number of pyridine rings is 1. The standard InChI is InChI=1S/C15H26N4/c1-12(16)14-5-4-8-17-15(14)19-9-6-13(7-10-19)11-18(2)3/h4-5,8,12-13H,6-7,9-11,16H2,1-3H3. The Hall–Kier alpha value is -1.13. The van der Waals surface area contributed by atoms with Crippen LogP contribution in [0.3, 0.4) is 0 Å². The second-order valence-corrected chi connectivity index (χ2v) is 5.90. The Balaban J connectivity index is 2.02. The van der Waals surface area contributed by atoms with E-state index in [1.807, 2.05) is 19.2 Å². The molecule has 1 atom stereocenters. The average molecular weight is 262 g/mol. The van der Waals surface area contributed by atoms with Crippen molar-refractivity contribution in [1.82, 2.24) is 9.88 Å². The van der Waals surface area contributed by atoms with E-state index in [1.54, 1.807) is 0 Å². The van der Waals surface area contributed by atoms with E-state index in [-0.39, 0.29) is 6.04 Å². The minimum Gasteiger partial charge on any atom is -0.356 e. The number of hydrogen-bond donors (Lipinski definition) is 1. The van der Waals surface area contributed by atoms with Gasteiger partial charge >= 0.3 is 0 Å². The number of rotatable bonds is 4. The first kappa shape index (κ1) is 14.3. The van der Waals surface area contributed by atoms with E-state index in [4.69, 9.17) is 5.73 Å². The summed E-state index contributed by atoms with van der Waals surface area (Å²) in [6.07, 6.45) is 4.35. The lowest BCUT2D eigenvalue weighted by Crippen LogP contribution is -2.38. The summed E-state index contributed by atoms with van der Waals surface area (Å²) in [5.74, 6) is 1.90. The van der Waals surface area contributed by atoms with Crippen LogP contribution in [0.15, 0.2) is 18.3 Å². The van der Waals surface area contributed by atoms with Crippen molar-refractivity contribution in [3.8, 4) is 0 Å². The van der Waals surface area contributed by atoms with Crippen molar-refractivity contribution in [2.24, 2.45) is 11.7 Å². The first-order chi connectivity index (χ1) is 9.08. The summed E-state index contributed by atoms with van der Waals surface area (Å²) >= 11 is 0. The summed E-state index contributed by atoms with van der Waals surface area (Å²) in [7, 11) is 4.30. The largest absolute Gasteiger partial charge is 0.356 e. The molecule has 0 radical (unpaired) electrons. The highest BCUT2D eigenvalue weighted by atomic mass is 15.2. The molecule has 1 fully saturated rings. The Labute approximate surface area is 116 Å². The Morgan fingerprint density at radius 2 is 2.11 bits per heavy atom. The molecule has 106 valence electrons. The van der Waals surface area contributed by atoms with Gasteiger partial charge in [0.25, 0.3) is 0 Å². The van der Waals surface area contributed by atoms with E-state index < -0.39 is 0 Å². The van der Waals surface area contributed by atoms with Gasteiger partial charge in [0.2, 0.25) is 0 Å². The molecule has 0 spiro atoms. The third-order valence-corrected chi connectivity index (χ3v) is 3.84. The lowest BCUT2D eigenvalue weighted by atomic mass is 9.96. The van der Waals surface area contributed by atoms with Crippen LogP contribution < -0.4 is 10.6 Å². The molecule has 1 saturated heterocycles. The SMILES string of the molecule is CC(N)c1cccnc1N1CCC(CN(C)C)CC1. The summed E-state index contributed by atoms with van der Waals surface area (Å²) in [4.78, 5) is 9.22. The third-order valence-electron chi connectivity index (χ3n) is 3.84. The van der Waals surface area contributed by atoms with Crippen molar-refractivity contribution >= 4 is 5.82 Å². The summed E-state index contributed by atoms with van der Waals surface area (Å²) < 4.78 is 0. The maximum atomic E-state index is 6.04. The van der Waals surface area contributed by atoms with Crippen LogP contribution in [0.25, 0.3) is 0 Å². The predicted octanol–water partition coefficient (Wildman–Crippen LogP) is 1.88. The highest BCUT2D eigenvalue weighted by molar-refractivity contribution is 5.48. The molecule has 1 unspecified atom stereocenters. The fourth-order valence-corrected chi connectivity index (χ4v) is 2.87. The van der Waals surface area contributed by atoms with Gasteiger partial charge in [0.15, 0.2) is 0 Å². The second-order valence-electron chi connectivity index (χ2n) is 5.90. The highest BCUT2D eigenvalue weighted by Crippen LogP contribution is 2.27. The molecule has 0 saturated carbocycles. The topological polar surface area (TPSA) is 45.4 Å². The Morgan fingerprint density at radius 3 is 2.68 bits per heavy atom. The van der Waals surface area contributed by atoms with Gasteiger partial charge in [-0.1, -0.05) is 6.07 Å². The van der Waals surface area contributed by atoms with Crippen LogP contribution in [-0.2, 0) is 0 Å². The average Bonchev–Trinajstić information content (AvgIpc) is 2.39. The molecule has 0 amide bonds. The lowest BCUT2D eigenvalue weighted by Gasteiger charge is -2.35. The van der Waals surface area contributed by atoms with Crippen LogP contribution in [0.5, 0.6) is 0 Å². The van der Waals surface area contributed by atoms with Crippen molar-refractivity contribution in [3.63, 3.8) is 0 Å². The number of aromatic nitrogens is 1. The zero-order valence-electron chi connectivity index (χ0n) is 12.3. The summed E-state index contributed by atoms with van der Waals surface area (Å²) in [5.41, 5.74) is 7.20. The van der Waals surface area contributed by atoms with Crippen LogP contribution >= 0.6 is 0 Å². The summed E-state index contributed by atoms with van der Waals surface area (Å²) in [6.45, 7) is 5.40. The van der Waals surface area contributed by atoms with Crippen molar-refractivity contribution in [2.75, 3.05) is 38.6 Å². The molecule has 0 aromatic carbocycles. The molecular formula is C15H26N4. The Morgan fingerprint density at radius 1 is 1.42 bits per heavy atom. The van der Waals surface area contributed by atoms with E-state index >= 15 is 0 Å². The molecule has 4 nitrogen and oxygen atoms in total. The number of anilines is 1. The van der Waals surface area contributed by atoms with Crippen LogP contribution in [0.2, 0.25) is 0 Å². The minimum absolute atomic E-state index is 0.0446. The molecule has 1 aliphatic heterocycles. The molecule has 4 heteroatoms. The second kappa shape index (κ2) is 6.35. The normalized spacial score (nSPS) is 18.9. The molecule has 1 aromatic heterocycles. The van der Waals surface area contributed by atoms with Gasteiger partial charge in [0.05, 0.1) is 0 Å². The maximum Gasteiger partial charge on any atom is 0.133 e. The highest BCUT2D eigenvalue weighted by Gasteiger charge is 2.22. The number of nitrogens with zero attached hydrogens (tertiary/aromatic N) is 3. The molecule has 2 heterocycles. The van der Waals surface area contributed by atoms with Crippen LogP contribution in [0.4, 0.5) is 5.82 Å². The molecule has 2 rings (SSSR count). The third kappa shape index (κ3) is 3.67. The van der Waals surface area contributed by atoms with Crippen molar-refractivity contribution in [1.29, 1.82) is 0 Å². The summed E-state index contributed by atoms with van der Waals surface area (Å²) in [5, 5.41) is 0. The van der Waals surface area contributed by atoms with Gasteiger partial charge in [-0.15, -0.1) is 0 Å². The van der Waals surface area contributed by atoms with Crippen molar-refractivity contribution < 1.29 is 0 Å². The maximum absolute atomic E-state index is 6.04. The predicted molar refractivity (Wildman–Crippen MR) is 80.3 cm³/mol. The fourth-order valence-electron chi connectivity index (χ4n) is 2.87. The van der Waals surface area contributed by atoms with E-state index in [0.29, 0.717) is 0 Å². The molecule has 2 N–H and O–H groups in total. The van der Waals surface area contributed by atoms with Crippen LogP contribution in [0.1, 0.15) is 31.4 Å². The van der Waals surface area contributed by atoms with Gasteiger partial charge in [-0.2, -0.15) is 0 Å². The van der Waals surface area contributed by atoms with Gasteiger partial charge in [0, 0.05) is 37.4 Å². The van der Waals surface area contributed by atoms with Gasteiger partial charge in [-0.25, -0.2) is 4.98 Å².